The van der Waals surface area contributed by atoms with Gasteiger partial charge in [0.05, 0.1) is 6.04 Å². The van der Waals surface area contributed by atoms with Gasteiger partial charge in [0.15, 0.2) is 0 Å². The maximum absolute atomic E-state index is 14.5. The van der Waals surface area contributed by atoms with Gasteiger partial charge in [-0.2, -0.15) is 0 Å². The number of aromatic amines is 1. The SMILES string of the molecule is Cc1[nH]c2ccccc2c1C(c1c(F)cccc1Cl)N(C)C. The number of benzene rings is 2. The molecular weight excluding hydrogens is 299 g/mol. The minimum Gasteiger partial charge on any atom is -0.358 e. The van der Waals surface area contributed by atoms with E-state index < -0.39 is 0 Å². The summed E-state index contributed by atoms with van der Waals surface area (Å²) in [4.78, 5) is 5.37. The van der Waals surface area contributed by atoms with Crippen molar-refractivity contribution in [2.75, 3.05) is 14.1 Å². The average Bonchev–Trinajstić information content (AvgIpc) is 2.78. The molecule has 0 saturated heterocycles. The highest BCUT2D eigenvalue weighted by Crippen LogP contribution is 2.38. The summed E-state index contributed by atoms with van der Waals surface area (Å²) in [6.07, 6.45) is 0. The number of nitrogens with zero attached hydrogens (tertiary/aromatic N) is 1. The second-order valence-electron chi connectivity index (χ2n) is 5.71. The van der Waals surface area contributed by atoms with E-state index in [1.54, 1.807) is 12.1 Å². The van der Waals surface area contributed by atoms with Crippen LogP contribution < -0.4 is 0 Å². The van der Waals surface area contributed by atoms with Crippen molar-refractivity contribution in [1.82, 2.24) is 9.88 Å². The van der Waals surface area contributed by atoms with E-state index in [1.165, 1.54) is 6.07 Å². The predicted molar refractivity (Wildman–Crippen MR) is 90.0 cm³/mol. The smallest absolute Gasteiger partial charge is 0.129 e. The highest BCUT2D eigenvalue weighted by Gasteiger charge is 2.27. The summed E-state index contributed by atoms with van der Waals surface area (Å²) in [6, 6.07) is 12.7. The van der Waals surface area contributed by atoms with E-state index in [2.05, 4.69) is 11.1 Å². The molecule has 4 heteroatoms. The molecule has 0 aliphatic carbocycles. The second kappa shape index (κ2) is 5.75. The molecule has 114 valence electrons. The molecular formula is C18H18ClFN2. The summed E-state index contributed by atoms with van der Waals surface area (Å²) in [5.41, 5.74) is 3.66. The fraction of sp³-hybridized carbons (Fsp3) is 0.222. The number of aromatic nitrogens is 1. The normalized spacial score (nSPS) is 13.0. The Morgan fingerprint density at radius 3 is 2.45 bits per heavy atom. The number of H-pyrrole nitrogens is 1. The molecule has 3 aromatic rings. The lowest BCUT2D eigenvalue weighted by atomic mass is 9.94. The Morgan fingerprint density at radius 2 is 1.77 bits per heavy atom. The van der Waals surface area contributed by atoms with Gasteiger partial charge in [-0.05, 0) is 39.2 Å². The minimum absolute atomic E-state index is 0.246. The molecule has 2 aromatic carbocycles. The van der Waals surface area contributed by atoms with Crippen molar-refractivity contribution in [2.45, 2.75) is 13.0 Å². The van der Waals surface area contributed by atoms with Crippen LogP contribution in [-0.2, 0) is 0 Å². The van der Waals surface area contributed by atoms with Gasteiger partial charge in [-0.15, -0.1) is 0 Å². The average molecular weight is 317 g/mol. The van der Waals surface area contributed by atoms with Gasteiger partial charge in [0, 0.05) is 32.7 Å². The second-order valence-corrected chi connectivity index (χ2v) is 6.12. The zero-order valence-corrected chi connectivity index (χ0v) is 13.6. The van der Waals surface area contributed by atoms with E-state index in [-0.39, 0.29) is 11.9 Å². The van der Waals surface area contributed by atoms with Crippen molar-refractivity contribution in [3.8, 4) is 0 Å². The Kier molecular flexibility index (Phi) is 3.94. The Hall–Kier alpha value is -1.84. The summed E-state index contributed by atoms with van der Waals surface area (Å²) in [5, 5.41) is 1.54. The summed E-state index contributed by atoms with van der Waals surface area (Å²) in [7, 11) is 3.88. The van der Waals surface area contributed by atoms with Gasteiger partial charge in [-0.1, -0.05) is 35.9 Å². The molecule has 0 spiro atoms. The molecule has 1 N–H and O–H groups in total. The van der Waals surface area contributed by atoms with Gasteiger partial charge < -0.3 is 4.98 Å². The van der Waals surface area contributed by atoms with Crippen LogP contribution >= 0.6 is 11.6 Å². The van der Waals surface area contributed by atoms with Crippen LogP contribution in [0.25, 0.3) is 10.9 Å². The lowest BCUT2D eigenvalue weighted by molar-refractivity contribution is 0.334. The molecule has 0 aliphatic heterocycles. The molecule has 22 heavy (non-hydrogen) atoms. The highest BCUT2D eigenvalue weighted by molar-refractivity contribution is 6.31. The lowest BCUT2D eigenvalue weighted by Gasteiger charge is -2.27. The monoisotopic (exact) mass is 316 g/mol. The van der Waals surface area contributed by atoms with Crippen LogP contribution in [0.4, 0.5) is 4.39 Å². The van der Waals surface area contributed by atoms with Crippen molar-refractivity contribution in [1.29, 1.82) is 0 Å². The van der Waals surface area contributed by atoms with E-state index in [4.69, 9.17) is 11.6 Å². The van der Waals surface area contributed by atoms with E-state index in [0.717, 1.165) is 22.2 Å². The fourth-order valence-corrected chi connectivity index (χ4v) is 3.35. The van der Waals surface area contributed by atoms with Crippen molar-refractivity contribution in [3.63, 3.8) is 0 Å². The first-order valence-electron chi connectivity index (χ1n) is 7.18. The molecule has 0 amide bonds. The molecule has 1 heterocycles. The van der Waals surface area contributed by atoms with Gasteiger partial charge >= 0.3 is 0 Å². The number of aryl methyl sites for hydroxylation is 1. The first-order valence-corrected chi connectivity index (χ1v) is 7.56. The van der Waals surface area contributed by atoms with Crippen LogP contribution in [0.1, 0.15) is 22.9 Å². The predicted octanol–water partition coefficient (Wildman–Crippen LogP) is 4.92. The molecule has 2 nitrogen and oxygen atoms in total. The molecule has 0 saturated carbocycles. The number of hydrogen-bond donors (Lipinski definition) is 1. The zero-order chi connectivity index (χ0) is 15.9. The summed E-state index contributed by atoms with van der Waals surface area (Å²) in [5.74, 6) is -0.282. The highest BCUT2D eigenvalue weighted by atomic mass is 35.5. The maximum Gasteiger partial charge on any atom is 0.129 e. The molecule has 1 atom stereocenters. The van der Waals surface area contributed by atoms with Crippen LogP contribution in [0.15, 0.2) is 42.5 Å². The number of fused-ring (bicyclic) bond motifs is 1. The molecule has 0 fully saturated rings. The Labute approximate surface area is 134 Å². The Morgan fingerprint density at radius 1 is 1.05 bits per heavy atom. The van der Waals surface area contributed by atoms with E-state index in [1.807, 2.05) is 44.1 Å². The van der Waals surface area contributed by atoms with Crippen LogP contribution in [0.2, 0.25) is 5.02 Å². The third-order valence-corrected chi connectivity index (χ3v) is 4.34. The third kappa shape index (κ3) is 2.40. The zero-order valence-electron chi connectivity index (χ0n) is 12.8. The Bertz CT molecular complexity index is 803. The molecule has 0 radical (unpaired) electrons. The third-order valence-electron chi connectivity index (χ3n) is 4.01. The van der Waals surface area contributed by atoms with Crippen molar-refractivity contribution in [2.24, 2.45) is 0 Å². The summed E-state index contributed by atoms with van der Waals surface area (Å²) < 4.78 is 14.5. The lowest BCUT2D eigenvalue weighted by Crippen LogP contribution is -2.23. The molecule has 0 bridgehead atoms. The molecule has 1 aromatic heterocycles. The quantitative estimate of drug-likeness (QED) is 0.726. The van der Waals surface area contributed by atoms with Gasteiger partial charge in [0.2, 0.25) is 0 Å². The number of nitrogens with one attached hydrogen (secondary N) is 1. The Balaban J connectivity index is 2.30. The molecule has 0 aliphatic rings. The van der Waals surface area contributed by atoms with Gasteiger partial charge in [0.25, 0.3) is 0 Å². The van der Waals surface area contributed by atoms with Crippen LogP contribution in [0, 0.1) is 12.7 Å². The van der Waals surface area contributed by atoms with Crippen molar-refractivity contribution >= 4 is 22.5 Å². The number of para-hydroxylation sites is 1. The van der Waals surface area contributed by atoms with E-state index in [9.17, 15) is 4.39 Å². The fourth-order valence-electron chi connectivity index (χ4n) is 3.08. The van der Waals surface area contributed by atoms with Gasteiger partial charge in [-0.25, -0.2) is 4.39 Å². The van der Waals surface area contributed by atoms with Crippen molar-refractivity contribution < 1.29 is 4.39 Å². The first-order chi connectivity index (χ1) is 10.5. The van der Waals surface area contributed by atoms with Crippen LogP contribution in [-0.4, -0.2) is 24.0 Å². The number of rotatable bonds is 3. The van der Waals surface area contributed by atoms with Gasteiger partial charge in [0.1, 0.15) is 5.82 Å². The summed E-state index contributed by atoms with van der Waals surface area (Å²) >= 11 is 6.31. The first kappa shape index (κ1) is 15.1. The standard InChI is InChI=1S/C18H18ClFN2/c1-11-16(12-7-4-5-10-15(12)21-11)18(22(2)3)17-13(19)8-6-9-14(17)20/h4-10,18,21H,1-3H3. The topological polar surface area (TPSA) is 19.0 Å². The van der Waals surface area contributed by atoms with Gasteiger partial charge in [-0.3, -0.25) is 4.90 Å². The van der Waals surface area contributed by atoms with Crippen LogP contribution in [0.5, 0.6) is 0 Å². The maximum atomic E-state index is 14.5. The van der Waals surface area contributed by atoms with E-state index in [0.29, 0.717) is 10.6 Å². The molecule has 1 unspecified atom stereocenters. The number of halogens is 2. The largest absolute Gasteiger partial charge is 0.358 e. The molecule has 3 rings (SSSR count). The van der Waals surface area contributed by atoms with E-state index >= 15 is 0 Å². The van der Waals surface area contributed by atoms with Crippen LogP contribution in [0.3, 0.4) is 0 Å². The number of hydrogen-bond acceptors (Lipinski definition) is 1. The minimum atomic E-state index is -0.282. The van der Waals surface area contributed by atoms with Crippen molar-refractivity contribution in [3.05, 3.63) is 70.1 Å². The summed E-state index contributed by atoms with van der Waals surface area (Å²) in [6.45, 7) is 2.01.